The molecular formula is C8H14O6S. The number of aliphatic hydroxyl groups excluding tert-OH is 3. The van der Waals surface area contributed by atoms with Crippen molar-refractivity contribution in [3.05, 3.63) is 0 Å². The minimum absolute atomic E-state index is 0.442. The first-order chi connectivity index (χ1) is 6.97. The minimum atomic E-state index is -1.32. The molecule has 88 valence electrons. The number of thiol groups is 1. The fraction of sp³-hybridized carbons (Fsp3) is 0.875. The predicted molar refractivity (Wildman–Crippen MR) is 52.3 cm³/mol. The van der Waals surface area contributed by atoms with Gasteiger partial charge < -0.3 is 24.8 Å². The van der Waals surface area contributed by atoms with Crippen LogP contribution in [0.15, 0.2) is 0 Å². The number of hydrogen-bond donors (Lipinski definition) is 4. The van der Waals surface area contributed by atoms with E-state index >= 15 is 0 Å². The third-order valence-electron chi connectivity index (χ3n) is 2.14. The Balaban J connectivity index is 2.70. The van der Waals surface area contributed by atoms with E-state index in [1.165, 1.54) is 6.92 Å². The Kier molecular flexibility index (Phi) is 4.35. The number of carbonyl (C=O) groups excluding carboxylic acids is 1. The summed E-state index contributed by atoms with van der Waals surface area (Å²) >= 11 is 3.96. The van der Waals surface area contributed by atoms with E-state index in [-0.39, 0.29) is 0 Å². The van der Waals surface area contributed by atoms with Crippen LogP contribution in [0, 0.1) is 0 Å². The van der Waals surface area contributed by atoms with Gasteiger partial charge in [-0.3, -0.25) is 4.79 Å². The maximum atomic E-state index is 10.7. The van der Waals surface area contributed by atoms with E-state index in [2.05, 4.69) is 12.6 Å². The van der Waals surface area contributed by atoms with Crippen molar-refractivity contribution in [1.29, 1.82) is 0 Å². The van der Waals surface area contributed by atoms with Gasteiger partial charge in [-0.25, -0.2) is 0 Å². The fourth-order valence-electron chi connectivity index (χ4n) is 1.39. The second-order valence-electron chi connectivity index (χ2n) is 3.30. The van der Waals surface area contributed by atoms with E-state index in [1.54, 1.807) is 0 Å². The quantitative estimate of drug-likeness (QED) is 0.338. The van der Waals surface area contributed by atoms with Gasteiger partial charge in [-0.1, -0.05) is 0 Å². The van der Waals surface area contributed by atoms with Crippen molar-refractivity contribution in [3.63, 3.8) is 0 Å². The normalized spacial score (nSPS) is 41.3. The Hall–Kier alpha value is -0.340. The average molecular weight is 238 g/mol. The van der Waals surface area contributed by atoms with E-state index in [0.717, 1.165) is 0 Å². The van der Waals surface area contributed by atoms with E-state index in [1.807, 2.05) is 0 Å². The van der Waals surface area contributed by atoms with Crippen molar-refractivity contribution in [2.24, 2.45) is 0 Å². The second-order valence-corrected chi connectivity index (χ2v) is 3.81. The third-order valence-corrected chi connectivity index (χ3v) is 2.56. The van der Waals surface area contributed by atoms with Crippen LogP contribution in [0.4, 0.5) is 0 Å². The van der Waals surface area contributed by atoms with Crippen LogP contribution in [-0.2, 0) is 14.3 Å². The summed E-state index contributed by atoms with van der Waals surface area (Å²) in [6.07, 6.45) is -4.58. The molecule has 1 aliphatic rings. The van der Waals surface area contributed by atoms with Gasteiger partial charge in [0.15, 0.2) is 6.10 Å². The highest BCUT2D eigenvalue weighted by Crippen LogP contribution is 2.25. The van der Waals surface area contributed by atoms with Crippen LogP contribution in [-0.4, -0.2) is 57.7 Å². The smallest absolute Gasteiger partial charge is 0.303 e. The number of ether oxygens (including phenoxy) is 2. The molecule has 1 fully saturated rings. The monoisotopic (exact) mass is 238 g/mol. The van der Waals surface area contributed by atoms with Gasteiger partial charge in [0.25, 0.3) is 0 Å². The van der Waals surface area contributed by atoms with Gasteiger partial charge in [0.2, 0.25) is 0 Å². The van der Waals surface area contributed by atoms with E-state index in [4.69, 9.17) is 14.6 Å². The van der Waals surface area contributed by atoms with Crippen molar-refractivity contribution >= 4 is 18.6 Å². The van der Waals surface area contributed by atoms with Gasteiger partial charge in [-0.2, -0.15) is 0 Å². The topological polar surface area (TPSA) is 96.2 Å². The molecule has 0 spiro atoms. The summed E-state index contributed by atoms with van der Waals surface area (Å²) < 4.78 is 9.81. The lowest BCUT2D eigenvalue weighted by Crippen LogP contribution is -2.58. The first-order valence-electron chi connectivity index (χ1n) is 4.45. The molecule has 0 aromatic carbocycles. The molecule has 0 unspecified atom stereocenters. The largest absolute Gasteiger partial charge is 0.456 e. The highest BCUT2D eigenvalue weighted by atomic mass is 32.1. The number of hydrogen-bond acceptors (Lipinski definition) is 7. The van der Waals surface area contributed by atoms with Crippen molar-refractivity contribution in [1.82, 2.24) is 0 Å². The van der Waals surface area contributed by atoms with E-state index < -0.39 is 42.4 Å². The zero-order valence-corrected chi connectivity index (χ0v) is 9.00. The molecule has 0 aromatic heterocycles. The van der Waals surface area contributed by atoms with Crippen molar-refractivity contribution < 1.29 is 29.6 Å². The first kappa shape index (κ1) is 12.7. The van der Waals surface area contributed by atoms with Gasteiger partial charge in [-0.15, -0.1) is 12.6 Å². The lowest BCUT2D eigenvalue weighted by atomic mass is 10.0. The maximum absolute atomic E-state index is 10.7. The first-order valence-corrected chi connectivity index (χ1v) is 4.96. The van der Waals surface area contributed by atoms with E-state index in [9.17, 15) is 15.0 Å². The van der Waals surface area contributed by atoms with Crippen LogP contribution in [0.2, 0.25) is 0 Å². The SMILES string of the molecule is CC(=O)O[C@@H]1[C@@H](O)[C@@H](O)[C@@H](CO)O[C@H]1S. The Morgan fingerprint density at radius 2 is 2.07 bits per heavy atom. The Labute approximate surface area is 92.2 Å². The lowest BCUT2D eigenvalue weighted by Gasteiger charge is -2.39. The summed E-state index contributed by atoms with van der Waals surface area (Å²) in [4.78, 5) is 10.7. The molecule has 1 saturated heterocycles. The summed E-state index contributed by atoms with van der Waals surface area (Å²) in [5, 5.41) is 27.9. The van der Waals surface area contributed by atoms with Gasteiger partial charge in [-0.05, 0) is 0 Å². The van der Waals surface area contributed by atoms with Crippen LogP contribution in [0.25, 0.3) is 0 Å². The molecule has 7 heteroatoms. The molecule has 3 N–H and O–H groups in total. The minimum Gasteiger partial charge on any atom is -0.456 e. The number of carbonyl (C=O) groups is 1. The van der Waals surface area contributed by atoms with Crippen molar-refractivity contribution in [3.8, 4) is 0 Å². The molecule has 15 heavy (non-hydrogen) atoms. The van der Waals surface area contributed by atoms with Crippen LogP contribution in [0.1, 0.15) is 6.92 Å². The molecular weight excluding hydrogens is 224 g/mol. The summed E-state index contributed by atoms with van der Waals surface area (Å²) in [6.45, 7) is 0.736. The van der Waals surface area contributed by atoms with Crippen molar-refractivity contribution in [2.75, 3.05) is 6.61 Å². The molecule has 0 radical (unpaired) electrons. The fourth-order valence-corrected chi connectivity index (χ4v) is 1.78. The summed E-state index contributed by atoms with van der Waals surface area (Å²) in [6, 6.07) is 0. The molecule has 0 aromatic rings. The standard InChI is InChI=1S/C8H14O6S/c1-3(10)13-7-6(12)5(11)4(2-9)14-8(7)15/h4-9,11-12,15H,2H2,1H3/t4-,5+,6+,7-,8+/m1/s1. The molecule has 0 aliphatic carbocycles. The summed E-state index contributed by atoms with van der Waals surface area (Å²) in [5.74, 6) is -0.601. The maximum Gasteiger partial charge on any atom is 0.303 e. The Bertz CT molecular complexity index is 235. The zero-order valence-electron chi connectivity index (χ0n) is 8.11. The molecule has 1 heterocycles. The van der Waals surface area contributed by atoms with Crippen LogP contribution in [0.5, 0.6) is 0 Å². The average Bonchev–Trinajstić information content (AvgIpc) is 2.18. The molecule has 0 amide bonds. The van der Waals surface area contributed by atoms with Crippen LogP contribution < -0.4 is 0 Å². The van der Waals surface area contributed by atoms with Gasteiger partial charge in [0.05, 0.1) is 6.61 Å². The molecule has 1 rings (SSSR count). The third kappa shape index (κ3) is 2.82. The molecule has 6 nitrogen and oxygen atoms in total. The number of rotatable bonds is 2. The number of aliphatic hydroxyl groups is 3. The summed E-state index contributed by atoms with van der Waals surface area (Å²) in [5.41, 5.74) is -0.871. The Morgan fingerprint density at radius 3 is 2.53 bits per heavy atom. The molecule has 0 saturated carbocycles. The predicted octanol–water partition coefficient (Wildman–Crippen LogP) is -1.71. The number of esters is 1. The van der Waals surface area contributed by atoms with Crippen LogP contribution >= 0.6 is 12.6 Å². The molecule has 5 atom stereocenters. The molecule has 0 bridgehead atoms. The van der Waals surface area contributed by atoms with Crippen molar-refractivity contribution in [2.45, 2.75) is 36.8 Å². The van der Waals surface area contributed by atoms with Gasteiger partial charge >= 0.3 is 5.97 Å². The van der Waals surface area contributed by atoms with Gasteiger partial charge in [0.1, 0.15) is 23.7 Å². The van der Waals surface area contributed by atoms with Crippen LogP contribution in [0.3, 0.4) is 0 Å². The second kappa shape index (κ2) is 5.13. The Morgan fingerprint density at radius 1 is 1.47 bits per heavy atom. The zero-order chi connectivity index (χ0) is 11.6. The van der Waals surface area contributed by atoms with Gasteiger partial charge in [0, 0.05) is 6.92 Å². The lowest BCUT2D eigenvalue weighted by molar-refractivity contribution is -0.217. The highest BCUT2D eigenvalue weighted by molar-refractivity contribution is 7.80. The summed E-state index contributed by atoms with van der Waals surface area (Å²) in [7, 11) is 0. The molecule has 1 aliphatic heterocycles. The highest BCUT2D eigenvalue weighted by Gasteiger charge is 2.44. The van der Waals surface area contributed by atoms with E-state index in [0.29, 0.717) is 0 Å².